The molecule has 0 saturated carbocycles. The van der Waals surface area contributed by atoms with Crippen molar-refractivity contribution in [1.82, 2.24) is 4.98 Å². The highest BCUT2D eigenvalue weighted by Gasteiger charge is 2.14. The van der Waals surface area contributed by atoms with E-state index in [2.05, 4.69) is 16.2 Å². The topological polar surface area (TPSA) is 68.1 Å². The molecule has 0 atom stereocenters. The number of nitrogens with one attached hydrogen (secondary N) is 1. The molecule has 90 valence electrons. The number of hydrogen-bond acceptors (Lipinski definition) is 4. The average Bonchev–Trinajstić information content (AvgIpc) is 2.38. The molecule has 2 aromatic rings. The fraction of sp³-hybridized carbons (Fsp3) is 0.154. The number of nitrogens with zero attached hydrogens (tertiary/aromatic N) is 2. The Morgan fingerprint density at radius 2 is 2.28 bits per heavy atom. The van der Waals surface area contributed by atoms with Crippen molar-refractivity contribution in [1.29, 1.82) is 0 Å². The molecule has 0 aliphatic rings. The molecule has 0 bridgehead atoms. The van der Waals surface area contributed by atoms with Crippen LogP contribution < -0.4 is 5.32 Å². The van der Waals surface area contributed by atoms with E-state index in [4.69, 9.17) is 6.42 Å². The Hall–Kier alpha value is -2.61. The maximum atomic E-state index is 10.9. The maximum Gasteiger partial charge on any atom is 0.295 e. The lowest BCUT2D eigenvalue weighted by molar-refractivity contribution is -0.383. The first-order chi connectivity index (χ1) is 8.74. The highest BCUT2D eigenvalue weighted by molar-refractivity contribution is 5.96. The molecule has 0 unspecified atom stereocenters. The number of terminal acetylenes is 1. The van der Waals surface area contributed by atoms with Gasteiger partial charge in [-0.2, -0.15) is 0 Å². The summed E-state index contributed by atoms with van der Waals surface area (Å²) in [6.07, 6.45) is 7.32. The van der Waals surface area contributed by atoms with Crippen LogP contribution in [0.15, 0.2) is 30.5 Å². The Bertz CT molecular complexity index is 632. The predicted molar refractivity (Wildman–Crippen MR) is 70.3 cm³/mol. The third-order valence-corrected chi connectivity index (χ3v) is 2.53. The first kappa shape index (κ1) is 11.9. The fourth-order valence-corrected chi connectivity index (χ4v) is 1.73. The average molecular weight is 241 g/mol. The van der Waals surface area contributed by atoms with Crippen LogP contribution in [0.25, 0.3) is 10.9 Å². The number of nitro benzene ring substituents is 1. The van der Waals surface area contributed by atoms with Crippen LogP contribution in [0.1, 0.15) is 6.42 Å². The van der Waals surface area contributed by atoms with E-state index in [1.54, 1.807) is 24.4 Å². The summed E-state index contributed by atoms with van der Waals surface area (Å²) in [5.74, 6) is 2.53. The summed E-state index contributed by atoms with van der Waals surface area (Å²) in [5.41, 5.74) is 1.19. The summed E-state index contributed by atoms with van der Waals surface area (Å²) in [5, 5.41) is 14.8. The molecule has 1 N–H and O–H groups in total. The smallest absolute Gasteiger partial charge is 0.295 e. The Labute approximate surface area is 104 Å². The van der Waals surface area contributed by atoms with E-state index < -0.39 is 4.92 Å². The zero-order chi connectivity index (χ0) is 13.0. The Balaban J connectivity index is 2.48. The summed E-state index contributed by atoms with van der Waals surface area (Å²) in [4.78, 5) is 14.5. The van der Waals surface area contributed by atoms with Gasteiger partial charge in [-0.25, -0.2) is 4.98 Å². The Morgan fingerprint density at radius 1 is 1.44 bits per heavy atom. The number of non-ortho nitro benzene ring substituents is 1. The molecule has 18 heavy (non-hydrogen) atoms. The lowest BCUT2D eigenvalue weighted by Gasteiger charge is -2.08. The van der Waals surface area contributed by atoms with Gasteiger partial charge in [0.2, 0.25) is 0 Å². The largest absolute Gasteiger partial charge is 0.384 e. The van der Waals surface area contributed by atoms with Crippen molar-refractivity contribution in [2.75, 3.05) is 11.9 Å². The monoisotopic (exact) mass is 241 g/mol. The number of pyridine rings is 1. The van der Waals surface area contributed by atoms with Gasteiger partial charge in [-0.15, -0.1) is 12.3 Å². The minimum absolute atomic E-state index is 0.00750. The number of fused-ring (bicyclic) bond motifs is 1. The molecule has 1 aromatic heterocycles. The molecular weight excluding hydrogens is 230 g/mol. The van der Waals surface area contributed by atoms with Crippen molar-refractivity contribution >= 4 is 22.3 Å². The molecule has 5 nitrogen and oxygen atoms in total. The summed E-state index contributed by atoms with van der Waals surface area (Å²) in [6.45, 7) is 0.623. The number of nitro groups is 1. The molecule has 0 aliphatic heterocycles. The van der Waals surface area contributed by atoms with Gasteiger partial charge in [0, 0.05) is 36.3 Å². The SMILES string of the molecule is C#CCCNc1ccc([N+](=O)[O-])c2ncccc12. The van der Waals surface area contributed by atoms with Crippen molar-refractivity contribution in [3.05, 3.63) is 40.6 Å². The van der Waals surface area contributed by atoms with E-state index in [0.29, 0.717) is 18.5 Å². The van der Waals surface area contributed by atoms with Gasteiger partial charge >= 0.3 is 0 Å². The summed E-state index contributed by atoms with van der Waals surface area (Å²) >= 11 is 0. The highest BCUT2D eigenvalue weighted by atomic mass is 16.6. The molecule has 0 radical (unpaired) electrons. The highest BCUT2D eigenvalue weighted by Crippen LogP contribution is 2.29. The molecule has 1 aromatic carbocycles. The molecule has 0 amide bonds. The van der Waals surface area contributed by atoms with Gasteiger partial charge < -0.3 is 5.32 Å². The molecule has 0 aliphatic carbocycles. The zero-order valence-electron chi connectivity index (χ0n) is 9.59. The standard InChI is InChI=1S/C13H11N3O2/c1-2-3-8-14-11-6-7-12(16(17)18)13-10(11)5-4-9-15-13/h1,4-7,9,14H,3,8H2. The number of aromatic nitrogens is 1. The normalized spacial score (nSPS) is 9.94. The van der Waals surface area contributed by atoms with Gasteiger partial charge in [0.15, 0.2) is 0 Å². The third-order valence-electron chi connectivity index (χ3n) is 2.53. The lowest BCUT2D eigenvalue weighted by Crippen LogP contribution is -2.02. The van der Waals surface area contributed by atoms with Crippen molar-refractivity contribution in [2.24, 2.45) is 0 Å². The van der Waals surface area contributed by atoms with Crippen LogP contribution in [0.5, 0.6) is 0 Å². The minimum Gasteiger partial charge on any atom is -0.384 e. The van der Waals surface area contributed by atoms with Crippen LogP contribution >= 0.6 is 0 Å². The van der Waals surface area contributed by atoms with E-state index >= 15 is 0 Å². The van der Waals surface area contributed by atoms with E-state index in [0.717, 1.165) is 11.1 Å². The van der Waals surface area contributed by atoms with E-state index in [1.165, 1.54) is 6.07 Å². The Kier molecular flexibility index (Phi) is 3.39. The molecule has 2 rings (SSSR count). The number of anilines is 1. The number of benzene rings is 1. The summed E-state index contributed by atoms with van der Waals surface area (Å²) < 4.78 is 0. The van der Waals surface area contributed by atoms with Crippen LogP contribution in [0.3, 0.4) is 0 Å². The van der Waals surface area contributed by atoms with E-state index in [9.17, 15) is 10.1 Å². The fourth-order valence-electron chi connectivity index (χ4n) is 1.73. The molecule has 1 heterocycles. The van der Waals surface area contributed by atoms with Gasteiger partial charge in [-0.1, -0.05) is 0 Å². The van der Waals surface area contributed by atoms with Crippen LogP contribution in [0.4, 0.5) is 11.4 Å². The van der Waals surface area contributed by atoms with Crippen LogP contribution in [-0.2, 0) is 0 Å². The third kappa shape index (κ3) is 2.23. The van der Waals surface area contributed by atoms with Gasteiger partial charge in [-0.3, -0.25) is 10.1 Å². The van der Waals surface area contributed by atoms with Crippen LogP contribution in [0.2, 0.25) is 0 Å². The first-order valence-corrected chi connectivity index (χ1v) is 5.43. The number of rotatable bonds is 4. The zero-order valence-corrected chi connectivity index (χ0v) is 9.59. The second-order valence-corrected chi connectivity index (χ2v) is 3.67. The van der Waals surface area contributed by atoms with Crippen LogP contribution in [0, 0.1) is 22.5 Å². The van der Waals surface area contributed by atoms with E-state index in [-0.39, 0.29) is 5.69 Å². The minimum atomic E-state index is -0.430. The molecule has 0 fully saturated rings. The molecule has 5 heteroatoms. The van der Waals surface area contributed by atoms with Gasteiger partial charge in [-0.05, 0) is 18.2 Å². The second-order valence-electron chi connectivity index (χ2n) is 3.67. The molecular formula is C13H11N3O2. The molecule has 0 saturated heterocycles. The van der Waals surface area contributed by atoms with Crippen molar-refractivity contribution in [3.8, 4) is 12.3 Å². The summed E-state index contributed by atoms with van der Waals surface area (Å²) in [7, 11) is 0. The van der Waals surface area contributed by atoms with Crippen molar-refractivity contribution in [2.45, 2.75) is 6.42 Å². The lowest BCUT2D eigenvalue weighted by atomic mass is 10.1. The van der Waals surface area contributed by atoms with Gasteiger partial charge in [0.05, 0.1) is 4.92 Å². The quantitative estimate of drug-likeness (QED) is 0.386. The van der Waals surface area contributed by atoms with Crippen molar-refractivity contribution in [3.63, 3.8) is 0 Å². The van der Waals surface area contributed by atoms with Crippen molar-refractivity contribution < 1.29 is 4.92 Å². The predicted octanol–water partition coefficient (Wildman–Crippen LogP) is 2.58. The number of hydrogen-bond donors (Lipinski definition) is 1. The van der Waals surface area contributed by atoms with Crippen LogP contribution in [-0.4, -0.2) is 16.5 Å². The Morgan fingerprint density at radius 3 is 3.00 bits per heavy atom. The van der Waals surface area contributed by atoms with Gasteiger partial charge in [0.25, 0.3) is 5.69 Å². The first-order valence-electron chi connectivity index (χ1n) is 5.43. The maximum absolute atomic E-state index is 10.9. The van der Waals surface area contributed by atoms with E-state index in [1.807, 2.05) is 0 Å². The summed E-state index contributed by atoms with van der Waals surface area (Å²) in [6, 6.07) is 6.68. The second kappa shape index (κ2) is 5.15. The molecule has 0 spiro atoms. The van der Waals surface area contributed by atoms with Gasteiger partial charge in [0.1, 0.15) is 5.52 Å².